The van der Waals surface area contributed by atoms with E-state index in [9.17, 15) is 4.39 Å². The first-order valence-electron chi connectivity index (χ1n) is 7.13. The van der Waals surface area contributed by atoms with E-state index in [-0.39, 0.29) is 5.82 Å². The Morgan fingerprint density at radius 3 is 2.50 bits per heavy atom. The minimum absolute atomic E-state index is 0.184. The van der Waals surface area contributed by atoms with Crippen molar-refractivity contribution in [1.29, 1.82) is 0 Å². The molecule has 0 atom stereocenters. The maximum atomic E-state index is 12.9. The number of hydrogen-bond acceptors (Lipinski definition) is 3. The van der Waals surface area contributed by atoms with E-state index in [4.69, 9.17) is 0 Å². The van der Waals surface area contributed by atoms with Gasteiger partial charge in [0.2, 0.25) is 0 Å². The Labute approximate surface area is 121 Å². The molecule has 0 bridgehead atoms. The zero-order valence-electron chi connectivity index (χ0n) is 11.1. The van der Waals surface area contributed by atoms with Gasteiger partial charge in [0.1, 0.15) is 11.6 Å². The summed E-state index contributed by atoms with van der Waals surface area (Å²) >= 11 is 1.71. The average molecular weight is 289 g/mol. The van der Waals surface area contributed by atoms with Crippen molar-refractivity contribution in [2.45, 2.75) is 48.6 Å². The Balaban J connectivity index is 1.52. The highest BCUT2D eigenvalue weighted by atomic mass is 32.2. The summed E-state index contributed by atoms with van der Waals surface area (Å²) in [4.78, 5) is 0. The molecule has 2 aromatic rings. The van der Waals surface area contributed by atoms with Crippen molar-refractivity contribution in [2.24, 2.45) is 0 Å². The standard InChI is InChI=1S/C15H16FN3S/c16-12-5-1-10(2-6-12)9-20-15-18-17-14(11-3-4-11)19(15)13-7-8-13/h1-2,5-6,11,13H,3-4,7-9H2. The summed E-state index contributed by atoms with van der Waals surface area (Å²) in [5.41, 5.74) is 1.12. The summed E-state index contributed by atoms with van der Waals surface area (Å²) in [5, 5.41) is 9.80. The van der Waals surface area contributed by atoms with E-state index >= 15 is 0 Å². The highest BCUT2D eigenvalue weighted by molar-refractivity contribution is 7.98. The van der Waals surface area contributed by atoms with E-state index in [1.165, 1.54) is 43.6 Å². The molecule has 104 valence electrons. The van der Waals surface area contributed by atoms with Crippen LogP contribution in [0.15, 0.2) is 29.4 Å². The molecule has 20 heavy (non-hydrogen) atoms. The molecule has 0 aliphatic heterocycles. The van der Waals surface area contributed by atoms with Crippen LogP contribution in [0.5, 0.6) is 0 Å². The van der Waals surface area contributed by atoms with Crippen LogP contribution in [0.3, 0.4) is 0 Å². The van der Waals surface area contributed by atoms with Crippen molar-refractivity contribution in [1.82, 2.24) is 14.8 Å². The van der Waals surface area contributed by atoms with Gasteiger partial charge in [0.25, 0.3) is 0 Å². The zero-order chi connectivity index (χ0) is 13.5. The SMILES string of the molecule is Fc1ccc(CSc2nnc(C3CC3)n2C2CC2)cc1. The largest absolute Gasteiger partial charge is 0.303 e. The van der Waals surface area contributed by atoms with Crippen LogP contribution in [0.25, 0.3) is 0 Å². The second kappa shape index (κ2) is 4.88. The van der Waals surface area contributed by atoms with E-state index in [1.54, 1.807) is 11.8 Å². The third-order valence-electron chi connectivity index (χ3n) is 3.83. The molecule has 0 spiro atoms. The van der Waals surface area contributed by atoms with E-state index in [0.29, 0.717) is 12.0 Å². The summed E-state index contributed by atoms with van der Waals surface area (Å²) < 4.78 is 15.2. The minimum atomic E-state index is -0.184. The lowest BCUT2D eigenvalue weighted by Gasteiger charge is -2.08. The molecule has 2 aliphatic rings. The normalized spacial score (nSPS) is 18.4. The van der Waals surface area contributed by atoms with Gasteiger partial charge in [-0.15, -0.1) is 10.2 Å². The van der Waals surface area contributed by atoms with Gasteiger partial charge in [0.15, 0.2) is 5.16 Å². The Kier molecular flexibility index (Phi) is 3.02. The molecule has 1 aromatic heterocycles. The van der Waals surface area contributed by atoms with Gasteiger partial charge in [0, 0.05) is 17.7 Å². The monoisotopic (exact) mass is 289 g/mol. The number of benzene rings is 1. The third kappa shape index (κ3) is 2.46. The van der Waals surface area contributed by atoms with Crippen molar-refractivity contribution in [3.05, 3.63) is 41.5 Å². The maximum Gasteiger partial charge on any atom is 0.191 e. The number of halogens is 1. The van der Waals surface area contributed by atoms with E-state index in [2.05, 4.69) is 14.8 Å². The lowest BCUT2D eigenvalue weighted by atomic mass is 10.2. The molecule has 3 nitrogen and oxygen atoms in total. The number of nitrogens with zero attached hydrogens (tertiary/aromatic N) is 3. The Morgan fingerprint density at radius 1 is 1.10 bits per heavy atom. The van der Waals surface area contributed by atoms with Crippen LogP contribution in [0.2, 0.25) is 0 Å². The summed E-state index contributed by atoms with van der Waals surface area (Å²) in [6.07, 6.45) is 5.02. The molecular formula is C15H16FN3S. The molecular weight excluding hydrogens is 273 g/mol. The second-order valence-corrected chi connectivity index (χ2v) is 6.57. The van der Waals surface area contributed by atoms with E-state index in [1.807, 2.05) is 12.1 Å². The van der Waals surface area contributed by atoms with Gasteiger partial charge in [-0.2, -0.15) is 0 Å². The average Bonchev–Trinajstić information content (AvgIpc) is 3.37. The maximum absolute atomic E-state index is 12.9. The van der Waals surface area contributed by atoms with Crippen LogP contribution in [-0.4, -0.2) is 14.8 Å². The van der Waals surface area contributed by atoms with Gasteiger partial charge >= 0.3 is 0 Å². The first-order chi connectivity index (χ1) is 9.81. The number of rotatable bonds is 5. The lowest BCUT2D eigenvalue weighted by molar-refractivity contribution is 0.626. The van der Waals surface area contributed by atoms with Crippen LogP contribution in [-0.2, 0) is 5.75 Å². The summed E-state index contributed by atoms with van der Waals surface area (Å²) in [5.74, 6) is 2.46. The quantitative estimate of drug-likeness (QED) is 0.782. The van der Waals surface area contributed by atoms with Crippen molar-refractivity contribution in [2.75, 3.05) is 0 Å². The van der Waals surface area contributed by atoms with Crippen LogP contribution in [0.1, 0.15) is 49.0 Å². The molecule has 2 saturated carbocycles. The van der Waals surface area contributed by atoms with Crippen molar-refractivity contribution >= 4 is 11.8 Å². The topological polar surface area (TPSA) is 30.7 Å². The molecule has 0 amide bonds. The summed E-state index contributed by atoms with van der Waals surface area (Å²) in [6, 6.07) is 7.31. The fourth-order valence-corrected chi connectivity index (χ4v) is 3.38. The summed E-state index contributed by atoms with van der Waals surface area (Å²) in [6.45, 7) is 0. The molecule has 4 rings (SSSR count). The molecule has 0 N–H and O–H groups in total. The van der Waals surface area contributed by atoms with Gasteiger partial charge in [-0.05, 0) is 43.4 Å². The van der Waals surface area contributed by atoms with E-state index in [0.717, 1.165) is 16.5 Å². The first kappa shape index (κ1) is 12.4. The van der Waals surface area contributed by atoms with Crippen LogP contribution in [0, 0.1) is 5.82 Å². The zero-order valence-corrected chi connectivity index (χ0v) is 11.9. The van der Waals surface area contributed by atoms with Crippen molar-refractivity contribution < 1.29 is 4.39 Å². The van der Waals surface area contributed by atoms with Crippen LogP contribution < -0.4 is 0 Å². The third-order valence-corrected chi connectivity index (χ3v) is 4.84. The highest BCUT2D eigenvalue weighted by Crippen LogP contribution is 2.46. The predicted octanol–water partition coefficient (Wildman–Crippen LogP) is 3.92. The van der Waals surface area contributed by atoms with Crippen molar-refractivity contribution in [3.63, 3.8) is 0 Å². The van der Waals surface area contributed by atoms with Gasteiger partial charge < -0.3 is 4.57 Å². The molecule has 5 heteroatoms. The summed E-state index contributed by atoms with van der Waals surface area (Å²) in [7, 11) is 0. The van der Waals surface area contributed by atoms with Gasteiger partial charge in [0.05, 0.1) is 0 Å². The van der Waals surface area contributed by atoms with Gasteiger partial charge in [-0.3, -0.25) is 0 Å². The molecule has 2 aliphatic carbocycles. The second-order valence-electron chi connectivity index (χ2n) is 5.63. The number of thioether (sulfide) groups is 1. The Morgan fingerprint density at radius 2 is 1.85 bits per heavy atom. The Bertz CT molecular complexity index is 615. The van der Waals surface area contributed by atoms with Crippen molar-refractivity contribution in [3.8, 4) is 0 Å². The molecule has 0 unspecified atom stereocenters. The fraction of sp³-hybridized carbons (Fsp3) is 0.467. The molecule has 0 saturated heterocycles. The Hall–Kier alpha value is -1.36. The number of aromatic nitrogens is 3. The lowest BCUT2D eigenvalue weighted by Crippen LogP contribution is -2.01. The van der Waals surface area contributed by atoms with Gasteiger partial charge in [-0.25, -0.2) is 4.39 Å². The molecule has 1 heterocycles. The minimum Gasteiger partial charge on any atom is -0.303 e. The molecule has 0 radical (unpaired) electrons. The molecule has 1 aromatic carbocycles. The van der Waals surface area contributed by atoms with Crippen LogP contribution >= 0.6 is 11.8 Å². The van der Waals surface area contributed by atoms with Gasteiger partial charge in [-0.1, -0.05) is 23.9 Å². The fourth-order valence-electron chi connectivity index (χ4n) is 2.41. The highest BCUT2D eigenvalue weighted by Gasteiger charge is 2.36. The van der Waals surface area contributed by atoms with Crippen LogP contribution in [0.4, 0.5) is 4.39 Å². The molecule has 2 fully saturated rings. The smallest absolute Gasteiger partial charge is 0.191 e. The first-order valence-corrected chi connectivity index (χ1v) is 8.12. The number of hydrogen-bond donors (Lipinski definition) is 0. The predicted molar refractivity (Wildman–Crippen MR) is 76.2 cm³/mol. The van der Waals surface area contributed by atoms with E-state index < -0.39 is 0 Å².